The number of thioether (sulfide) groups is 1. The Hall–Kier alpha value is -2.75. The average molecular weight is 463 g/mol. The minimum Gasteiger partial charge on any atom is -0.497 e. The molecule has 2 aromatic rings. The van der Waals surface area contributed by atoms with Gasteiger partial charge in [0.1, 0.15) is 11.4 Å². The fourth-order valence-corrected chi connectivity index (χ4v) is 4.00. The van der Waals surface area contributed by atoms with Crippen molar-refractivity contribution in [3.8, 4) is 17.2 Å². The lowest BCUT2D eigenvalue weighted by molar-refractivity contribution is -0.119. The van der Waals surface area contributed by atoms with Gasteiger partial charge in [-0.2, -0.15) is 0 Å². The highest BCUT2D eigenvalue weighted by Gasteiger charge is 2.29. The molecule has 3 rings (SSSR count). The average Bonchev–Trinajstić information content (AvgIpc) is 3.21. The van der Waals surface area contributed by atoms with Crippen LogP contribution in [0.2, 0.25) is 0 Å². The second kappa shape index (κ2) is 10.7. The van der Waals surface area contributed by atoms with Crippen molar-refractivity contribution in [1.29, 1.82) is 0 Å². The van der Waals surface area contributed by atoms with E-state index in [4.69, 9.17) is 13.9 Å². The molecule has 1 aromatic carbocycles. The van der Waals surface area contributed by atoms with Gasteiger partial charge in [0.2, 0.25) is 11.8 Å². The molecular weight excluding hydrogens is 432 g/mol. The number of carbonyl (C=O) groups is 2. The van der Waals surface area contributed by atoms with Gasteiger partial charge in [-0.3, -0.25) is 4.79 Å². The maximum Gasteiger partial charge on any atom is 0.407 e. The summed E-state index contributed by atoms with van der Waals surface area (Å²) >= 11 is 1.17. The van der Waals surface area contributed by atoms with Gasteiger partial charge in [-0.15, -0.1) is 10.2 Å². The van der Waals surface area contributed by atoms with E-state index in [2.05, 4.69) is 20.8 Å². The topological polar surface area (TPSA) is 116 Å². The Balaban J connectivity index is 1.50. The number of alkyl carbamates (subject to hydrolysis) is 1. The van der Waals surface area contributed by atoms with E-state index in [-0.39, 0.29) is 23.7 Å². The van der Waals surface area contributed by atoms with Crippen LogP contribution >= 0.6 is 11.8 Å². The number of rotatable bonds is 7. The van der Waals surface area contributed by atoms with E-state index in [9.17, 15) is 9.59 Å². The van der Waals surface area contributed by atoms with Crippen molar-refractivity contribution in [2.24, 2.45) is 0 Å². The van der Waals surface area contributed by atoms with Crippen LogP contribution in [0.15, 0.2) is 33.9 Å². The number of amides is 2. The van der Waals surface area contributed by atoms with Gasteiger partial charge in [0.05, 0.1) is 18.9 Å². The number of hydrogen-bond acceptors (Lipinski definition) is 8. The van der Waals surface area contributed by atoms with Crippen LogP contribution in [0.25, 0.3) is 11.5 Å². The number of carbonyl (C=O) groups excluding carboxylic acids is 2. The minimum absolute atomic E-state index is 0.137. The van der Waals surface area contributed by atoms with Crippen molar-refractivity contribution in [2.75, 3.05) is 12.9 Å². The third kappa shape index (κ3) is 7.15. The molecule has 10 heteroatoms. The zero-order valence-electron chi connectivity index (χ0n) is 18.8. The summed E-state index contributed by atoms with van der Waals surface area (Å²) in [5, 5.41) is 14.3. The highest BCUT2D eigenvalue weighted by molar-refractivity contribution is 7.99. The van der Waals surface area contributed by atoms with E-state index in [1.54, 1.807) is 7.11 Å². The Morgan fingerprint density at radius 3 is 2.38 bits per heavy atom. The van der Waals surface area contributed by atoms with Crippen LogP contribution in [0.1, 0.15) is 46.5 Å². The predicted octanol–water partition coefficient (Wildman–Crippen LogP) is 3.79. The van der Waals surface area contributed by atoms with Crippen molar-refractivity contribution in [1.82, 2.24) is 20.8 Å². The first kappa shape index (κ1) is 23.9. The van der Waals surface area contributed by atoms with Crippen LogP contribution in [0.3, 0.4) is 0 Å². The zero-order chi connectivity index (χ0) is 23.1. The van der Waals surface area contributed by atoms with Gasteiger partial charge in [-0.1, -0.05) is 24.6 Å². The molecule has 2 unspecified atom stereocenters. The summed E-state index contributed by atoms with van der Waals surface area (Å²) in [4.78, 5) is 24.7. The van der Waals surface area contributed by atoms with Crippen LogP contribution in [0.5, 0.6) is 5.75 Å². The molecule has 0 aliphatic heterocycles. The van der Waals surface area contributed by atoms with Gasteiger partial charge in [0, 0.05) is 11.6 Å². The summed E-state index contributed by atoms with van der Waals surface area (Å²) in [5.74, 6) is 1.10. The molecule has 1 aliphatic rings. The summed E-state index contributed by atoms with van der Waals surface area (Å²) < 4.78 is 16.1. The zero-order valence-corrected chi connectivity index (χ0v) is 19.7. The molecule has 0 radical (unpaired) electrons. The van der Waals surface area contributed by atoms with Crippen molar-refractivity contribution in [3.05, 3.63) is 24.3 Å². The highest BCUT2D eigenvalue weighted by atomic mass is 32.2. The molecule has 174 valence electrons. The highest BCUT2D eigenvalue weighted by Crippen LogP contribution is 2.25. The maximum absolute atomic E-state index is 12.5. The molecule has 32 heavy (non-hydrogen) atoms. The first-order valence-corrected chi connectivity index (χ1v) is 11.6. The standard InChI is InChI=1S/C22H30N4O5S/c1-22(2,3)31-20(28)24-17-8-6-5-7-16(17)23-18(27)13-32-21-26-25-19(30-21)14-9-11-15(29-4)12-10-14/h9-12,16-17H,5-8,13H2,1-4H3,(H,23,27)(H,24,28). The molecule has 1 saturated carbocycles. The molecular formula is C22H30N4O5S. The number of aromatic nitrogens is 2. The monoisotopic (exact) mass is 462 g/mol. The molecule has 1 heterocycles. The van der Waals surface area contributed by atoms with Crippen LogP contribution in [-0.4, -0.2) is 52.7 Å². The van der Waals surface area contributed by atoms with E-state index in [0.29, 0.717) is 11.1 Å². The van der Waals surface area contributed by atoms with Crippen LogP contribution < -0.4 is 15.4 Å². The van der Waals surface area contributed by atoms with Crippen molar-refractivity contribution >= 4 is 23.8 Å². The van der Waals surface area contributed by atoms with Gasteiger partial charge in [-0.05, 0) is 57.9 Å². The van der Waals surface area contributed by atoms with Crippen LogP contribution in [0.4, 0.5) is 4.79 Å². The van der Waals surface area contributed by atoms with Crippen LogP contribution in [-0.2, 0) is 9.53 Å². The lowest BCUT2D eigenvalue weighted by atomic mass is 9.90. The number of hydrogen-bond donors (Lipinski definition) is 2. The Bertz CT molecular complexity index is 910. The number of benzene rings is 1. The van der Waals surface area contributed by atoms with E-state index in [1.807, 2.05) is 45.0 Å². The van der Waals surface area contributed by atoms with Crippen molar-refractivity contribution < 1.29 is 23.5 Å². The Labute approximate surface area is 192 Å². The SMILES string of the molecule is COc1ccc(-c2nnc(SCC(=O)NC3CCCCC3NC(=O)OC(C)(C)C)o2)cc1. The largest absolute Gasteiger partial charge is 0.497 e. The van der Waals surface area contributed by atoms with Gasteiger partial charge in [-0.25, -0.2) is 4.79 Å². The second-order valence-corrected chi connectivity index (χ2v) is 9.53. The minimum atomic E-state index is -0.567. The predicted molar refractivity (Wildman–Crippen MR) is 121 cm³/mol. The first-order chi connectivity index (χ1) is 15.2. The van der Waals surface area contributed by atoms with E-state index >= 15 is 0 Å². The molecule has 9 nitrogen and oxygen atoms in total. The third-order valence-electron chi connectivity index (χ3n) is 4.88. The molecule has 0 spiro atoms. The van der Waals surface area contributed by atoms with Crippen molar-refractivity contribution in [2.45, 2.75) is 69.4 Å². The summed E-state index contributed by atoms with van der Waals surface area (Å²) in [5.41, 5.74) is 0.205. The molecule has 0 bridgehead atoms. The van der Waals surface area contributed by atoms with Gasteiger partial charge in [0.15, 0.2) is 0 Å². The first-order valence-electron chi connectivity index (χ1n) is 10.6. The van der Waals surface area contributed by atoms with E-state index in [1.165, 1.54) is 11.8 Å². The number of methoxy groups -OCH3 is 1. The summed E-state index contributed by atoms with van der Waals surface area (Å²) in [6.07, 6.45) is 3.14. The van der Waals surface area contributed by atoms with Crippen LogP contribution in [0, 0.1) is 0 Å². The van der Waals surface area contributed by atoms with Gasteiger partial charge >= 0.3 is 6.09 Å². The van der Waals surface area contributed by atoms with Gasteiger partial charge < -0.3 is 24.5 Å². The Kier molecular flexibility index (Phi) is 8.00. The number of nitrogens with one attached hydrogen (secondary N) is 2. The van der Waals surface area contributed by atoms with Gasteiger partial charge in [0.25, 0.3) is 5.22 Å². The lowest BCUT2D eigenvalue weighted by Crippen LogP contribution is -2.54. The molecule has 1 aromatic heterocycles. The normalized spacial score (nSPS) is 18.6. The summed E-state index contributed by atoms with van der Waals surface area (Å²) in [6, 6.07) is 6.99. The number of nitrogens with zero attached hydrogens (tertiary/aromatic N) is 2. The fraction of sp³-hybridized carbons (Fsp3) is 0.545. The number of ether oxygens (including phenoxy) is 2. The summed E-state index contributed by atoms with van der Waals surface area (Å²) in [6.45, 7) is 5.46. The molecule has 1 aliphatic carbocycles. The molecule has 1 fully saturated rings. The smallest absolute Gasteiger partial charge is 0.407 e. The van der Waals surface area contributed by atoms with E-state index < -0.39 is 11.7 Å². The van der Waals surface area contributed by atoms with E-state index in [0.717, 1.165) is 37.0 Å². The third-order valence-corrected chi connectivity index (χ3v) is 5.70. The van der Waals surface area contributed by atoms with Crippen molar-refractivity contribution in [3.63, 3.8) is 0 Å². The Morgan fingerprint density at radius 2 is 1.75 bits per heavy atom. The molecule has 2 N–H and O–H groups in total. The fourth-order valence-electron chi connectivity index (χ4n) is 3.43. The molecule has 0 saturated heterocycles. The molecule has 2 atom stereocenters. The lowest BCUT2D eigenvalue weighted by Gasteiger charge is -2.33. The Morgan fingerprint density at radius 1 is 1.09 bits per heavy atom. The summed E-state index contributed by atoms with van der Waals surface area (Å²) in [7, 11) is 1.60. The quantitative estimate of drug-likeness (QED) is 0.597. The maximum atomic E-state index is 12.5. The molecule has 2 amide bonds. The second-order valence-electron chi connectivity index (χ2n) is 8.60.